The van der Waals surface area contributed by atoms with E-state index in [1.165, 1.54) is 11.1 Å². The van der Waals surface area contributed by atoms with Gasteiger partial charge in [0.1, 0.15) is 0 Å². The van der Waals surface area contributed by atoms with Gasteiger partial charge in [-0.3, -0.25) is 4.90 Å². The predicted molar refractivity (Wildman–Crippen MR) is 92.2 cm³/mol. The highest BCUT2D eigenvalue weighted by Crippen LogP contribution is 2.17. The van der Waals surface area contributed by atoms with Crippen LogP contribution in [0.15, 0.2) is 29.3 Å². The number of aliphatic hydroxyl groups is 1. The Morgan fingerprint density at radius 2 is 2.04 bits per heavy atom. The Morgan fingerprint density at radius 1 is 1.35 bits per heavy atom. The fraction of sp³-hybridized carbons (Fsp3) is 0.588. The predicted octanol–water partition coefficient (Wildman–Crippen LogP) is 0.694. The average molecular weight is 320 g/mol. The summed E-state index contributed by atoms with van der Waals surface area (Å²) in [6.45, 7) is 4.62. The van der Waals surface area contributed by atoms with E-state index in [0.29, 0.717) is 25.7 Å². The second-order valence-corrected chi connectivity index (χ2v) is 5.90. The lowest BCUT2D eigenvalue weighted by molar-refractivity contribution is 0.0791. The molecule has 6 heteroatoms. The number of hydrogen-bond acceptors (Lipinski definition) is 4. The van der Waals surface area contributed by atoms with Crippen molar-refractivity contribution in [1.29, 1.82) is 0 Å². The Labute approximate surface area is 138 Å². The summed E-state index contributed by atoms with van der Waals surface area (Å²) in [5.74, 6) is 0.443. The first-order valence-electron chi connectivity index (χ1n) is 8.19. The number of aliphatic imine (C=N–C) groups is 1. The Morgan fingerprint density at radius 3 is 2.74 bits per heavy atom. The van der Waals surface area contributed by atoms with E-state index in [1.807, 2.05) is 6.07 Å². The number of methoxy groups -OCH3 is 1. The quantitative estimate of drug-likeness (QED) is 0.391. The second-order valence-electron chi connectivity index (χ2n) is 5.90. The van der Waals surface area contributed by atoms with Crippen molar-refractivity contribution in [1.82, 2.24) is 10.2 Å². The summed E-state index contributed by atoms with van der Waals surface area (Å²) >= 11 is 0. The monoisotopic (exact) mass is 320 g/mol. The zero-order valence-electron chi connectivity index (χ0n) is 13.9. The smallest absolute Gasteiger partial charge is 0.188 e. The number of nitrogens with one attached hydrogen (secondary N) is 1. The molecule has 1 fully saturated rings. The molecule has 0 atom stereocenters. The van der Waals surface area contributed by atoms with Crippen LogP contribution in [-0.2, 0) is 17.8 Å². The number of guanidine groups is 1. The molecule has 0 unspecified atom stereocenters. The highest BCUT2D eigenvalue weighted by atomic mass is 16.5. The fourth-order valence-corrected chi connectivity index (χ4v) is 2.69. The maximum atomic E-state index is 9.61. The lowest BCUT2D eigenvalue weighted by atomic mass is 10.0. The molecule has 0 aromatic heterocycles. The minimum absolute atomic E-state index is 0.135. The van der Waals surface area contributed by atoms with Crippen LogP contribution in [0.1, 0.15) is 24.0 Å². The van der Waals surface area contributed by atoms with Gasteiger partial charge in [0.2, 0.25) is 0 Å². The third-order valence-electron chi connectivity index (χ3n) is 4.10. The first-order valence-corrected chi connectivity index (χ1v) is 8.19. The number of benzene rings is 1. The molecule has 1 aromatic carbocycles. The normalized spacial score (nSPS) is 17.4. The van der Waals surface area contributed by atoms with Crippen molar-refractivity contribution in [3.63, 3.8) is 0 Å². The SMILES string of the molecule is COCCNC(N)=NCc1ccccc1CN1CCC(O)CC1. The number of hydrogen-bond donors (Lipinski definition) is 3. The van der Waals surface area contributed by atoms with Crippen LogP contribution in [-0.4, -0.2) is 55.4 Å². The topological polar surface area (TPSA) is 83.1 Å². The van der Waals surface area contributed by atoms with Gasteiger partial charge in [-0.05, 0) is 24.0 Å². The molecule has 4 N–H and O–H groups in total. The number of piperidine rings is 1. The van der Waals surface area contributed by atoms with E-state index in [-0.39, 0.29) is 6.10 Å². The number of likely N-dealkylation sites (tertiary alicyclic amines) is 1. The summed E-state index contributed by atoms with van der Waals surface area (Å²) in [6.07, 6.45) is 1.58. The maximum absolute atomic E-state index is 9.61. The van der Waals surface area contributed by atoms with Gasteiger partial charge in [-0.15, -0.1) is 0 Å². The summed E-state index contributed by atoms with van der Waals surface area (Å²) in [4.78, 5) is 6.79. The molecule has 1 aliphatic heterocycles. The third-order valence-corrected chi connectivity index (χ3v) is 4.10. The Balaban J connectivity index is 1.90. The molecular weight excluding hydrogens is 292 g/mol. The van der Waals surface area contributed by atoms with Gasteiger partial charge < -0.3 is 20.9 Å². The van der Waals surface area contributed by atoms with Gasteiger partial charge in [0.05, 0.1) is 19.3 Å². The van der Waals surface area contributed by atoms with Crippen LogP contribution in [0, 0.1) is 0 Å². The summed E-state index contributed by atoms with van der Waals surface area (Å²) in [5, 5.41) is 12.6. The van der Waals surface area contributed by atoms with Crippen LogP contribution in [0.4, 0.5) is 0 Å². The van der Waals surface area contributed by atoms with Crippen LogP contribution < -0.4 is 11.1 Å². The van der Waals surface area contributed by atoms with Gasteiger partial charge in [-0.2, -0.15) is 0 Å². The van der Waals surface area contributed by atoms with Crippen LogP contribution in [0.5, 0.6) is 0 Å². The zero-order valence-corrected chi connectivity index (χ0v) is 13.9. The largest absolute Gasteiger partial charge is 0.393 e. The molecule has 23 heavy (non-hydrogen) atoms. The van der Waals surface area contributed by atoms with Gasteiger partial charge in [-0.1, -0.05) is 24.3 Å². The Kier molecular flexibility index (Phi) is 7.32. The van der Waals surface area contributed by atoms with Gasteiger partial charge in [0.15, 0.2) is 5.96 Å². The Hall–Kier alpha value is -1.63. The molecule has 1 saturated heterocycles. The lowest BCUT2D eigenvalue weighted by Crippen LogP contribution is -2.35. The van der Waals surface area contributed by atoms with E-state index in [1.54, 1.807) is 7.11 Å². The first-order chi connectivity index (χ1) is 11.2. The lowest BCUT2D eigenvalue weighted by Gasteiger charge is -2.30. The molecule has 1 aliphatic rings. The molecule has 128 valence electrons. The highest BCUT2D eigenvalue weighted by molar-refractivity contribution is 5.77. The van der Waals surface area contributed by atoms with Crippen molar-refractivity contribution < 1.29 is 9.84 Å². The van der Waals surface area contributed by atoms with Crippen molar-refractivity contribution in [2.24, 2.45) is 10.7 Å². The number of nitrogens with two attached hydrogens (primary N) is 1. The molecule has 0 radical (unpaired) electrons. The summed E-state index contributed by atoms with van der Waals surface area (Å²) < 4.78 is 4.97. The van der Waals surface area contributed by atoms with E-state index >= 15 is 0 Å². The van der Waals surface area contributed by atoms with Crippen molar-refractivity contribution >= 4 is 5.96 Å². The van der Waals surface area contributed by atoms with Crippen LogP contribution in [0.25, 0.3) is 0 Å². The van der Waals surface area contributed by atoms with Gasteiger partial charge in [-0.25, -0.2) is 4.99 Å². The third kappa shape index (κ3) is 6.17. The van der Waals surface area contributed by atoms with E-state index in [9.17, 15) is 5.11 Å². The minimum Gasteiger partial charge on any atom is -0.393 e. The maximum Gasteiger partial charge on any atom is 0.188 e. The number of rotatable bonds is 7. The second kappa shape index (κ2) is 9.50. The summed E-state index contributed by atoms with van der Waals surface area (Å²) in [5.41, 5.74) is 8.32. The minimum atomic E-state index is -0.135. The van der Waals surface area contributed by atoms with Crippen LogP contribution in [0.3, 0.4) is 0 Å². The van der Waals surface area contributed by atoms with E-state index in [4.69, 9.17) is 10.5 Å². The van der Waals surface area contributed by atoms with Gasteiger partial charge >= 0.3 is 0 Å². The standard InChI is InChI=1S/C17H28N4O2/c1-23-11-8-19-17(18)20-12-14-4-2-3-5-15(14)13-21-9-6-16(22)7-10-21/h2-5,16,22H,6-13H2,1H3,(H3,18,19,20). The van der Waals surface area contributed by atoms with Crippen molar-refractivity contribution in [3.05, 3.63) is 35.4 Å². The van der Waals surface area contributed by atoms with Crippen molar-refractivity contribution in [3.8, 4) is 0 Å². The van der Waals surface area contributed by atoms with E-state index in [2.05, 4.69) is 33.4 Å². The van der Waals surface area contributed by atoms with E-state index in [0.717, 1.165) is 32.5 Å². The fourth-order valence-electron chi connectivity index (χ4n) is 2.69. The highest BCUT2D eigenvalue weighted by Gasteiger charge is 2.17. The molecule has 2 rings (SSSR count). The first kappa shape index (κ1) is 17.7. The molecule has 1 aromatic rings. The molecule has 0 bridgehead atoms. The zero-order chi connectivity index (χ0) is 16.5. The molecule has 1 heterocycles. The van der Waals surface area contributed by atoms with Gasteiger partial charge in [0.25, 0.3) is 0 Å². The average Bonchev–Trinajstić information content (AvgIpc) is 2.56. The molecule has 6 nitrogen and oxygen atoms in total. The summed E-state index contributed by atoms with van der Waals surface area (Å²) in [7, 11) is 1.66. The molecule has 0 saturated carbocycles. The Bertz CT molecular complexity index is 499. The molecule has 0 aliphatic carbocycles. The molecule has 0 spiro atoms. The van der Waals surface area contributed by atoms with E-state index < -0.39 is 0 Å². The number of nitrogens with zero attached hydrogens (tertiary/aromatic N) is 2. The molecular formula is C17H28N4O2. The summed E-state index contributed by atoms with van der Waals surface area (Å²) in [6, 6.07) is 8.33. The van der Waals surface area contributed by atoms with Crippen LogP contribution in [0.2, 0.25) is 0 Å². The number of ether oxygens (including phenoxy) is 1. The van der Waals surface area contributed by atoms with Crippen molar-refractivity contribution in [2.45, 2.75) is 32.0 Å². The van der Waals surface area contributed by atoms with Crippen LogP contribution >= 0.6 is 0 Å². The molecule has 0 amide bonds. The van der Waals surface area contributed by atoms with Crippen molar-refractivity contribution in [2.75, 3.05) is 33.4 Å². The van der Waals surface area contributed by atoms with Gasteiger partial charge in [0, 0.05) is 33.3 Å². The number of aliphatic hydroxyl groups excluding tert-OH is 1.